The van der Waals surface area contributed by atoms with Crippen LogP contribution in [0.4, 0.5) is 0 Å². The van der Waals surface area contributed by atoms with Gasteiger partial charge < -0.3 is 20.1 Å². The van der Waals surface area contributed by atoms with Crippen LogP contribution in [0.2, 0.25) is 0 Å². The van der Waals surface area contributed by atoms with Crippen molar-refractivity contribution >= 4 is 7.12 Å². The van der Waals surface area contributed by atoms with Crippen molar-refractivity contribution in [2.75, 3.05) is 19.7 Å². The summed E-state index contributed by atoms with van der Waals surface area (Å²) in [5.41, 5.74) is 0.124. The zero-order valence-electron chi connectivity index (χ0n) is 9.10. The number of benzene rings is 1. The predicted molar refractivity (Wildman–Crippen MR) is 61.9 cm³/mol. The Morgan fingerprint density at radius 3 is 2.62 bits per heavy atom. The fourth-order valence-electron chi connectivity index (χ4n) is 1.99. The number of hydrogen-bond acceptors (Lipinski definition) is 4. The van der Waals surface area contributed by atoms with E-state index in [1.807, 2.05) is 30.3 Å². The molecule has 86 valence electrons. The van der Waals surface area contributed by atoms with E-state index in [0.29, 0.717) is 19.6 Å². The van der Waals surface area contributed by atoms with Gasteiger partial charge >= 0.3 is 7.12 Å². The lowest BCUT2D eigenvalue weighted by molar-refractivity contribution is -0.0291. The molecule has 0 amide bonds. The van der Waals surface area contributed by atoms with E-state index in [-0.39, 0.29) is 0 Å². The standard InChI is InChI=1S/C11H16BNO3/c14-12(15)11(9-13-6-7-16-11)8-10-4-2-1-3-5-10/h1-5,13-15H,6-9H2. The average Bonchev–Trinajstić information content (AvgIpc) is 2.31. The summed E-state index contributed by atoms with van der Waals surface area (Å²) >= 11 is 0. The quantitative estimate of drug-likeness (QED) is 0.608. The third kappa shape index (κ3) is 2.44. The van der Waals surface area contributed by atoms with Crippen molar-refractivity contribution in [3.05, 3.63) is 35.9 Å². The third-order valence-electron chi connectivity index (χ3n) is 2.91. The van der Waals surface area contributed by atoms with Crippen molar-refractivity contribution in [3.8, 4) is 0 Å². The highest BCUT2D eigenvalue weighted by Crippen LogP contribution is 2.20. The van der Waals surface area contributed by atoms with E-state index in [4.69, 9.17) is 4.74 Å². The van der Waals surface area contributed by atoms with Gasteiger partial charge in [-0.1, -0.05) is 30.3 Å². The maximum absolute atomic E-state index is 9.48. The molecule has 1 fully saturated rings. The van der Waals surface area contributed by atoms with Crippen molar-refractivity contribution in [2.45, 2.75) is 11.9 Å². The number of hydrogen-bond donors (Lipinski definition) is 3. The molecule has 1 atom stereocenters. The van der Waals surface area contributed by atoms with Crippen LogP contribution in [0.25, 0.3) is 0 Å². The highest BCUT2D eigenvalue weighted by molar-refractivity contribution is 6.45. The van der Waals surface area contributed by atoms with Crippen LogP contribution in [0, 0.1) is 0 Å². The second-order valence-electron chi connectivity index (χ2n) is 4.13. The second-order valence-corrected chi connectivity index (χ2v) is 4.13. The Labute approximate surface area is 95.4 Å². The Hall–Kier alpha value is -0.875. The van der Waals surface area contributed by atoms with Gasteiger partial charge in [0, 0.05) is 19.5 Å². The lowest BCUT2D eigenvalue weighted by atomic mass is 9.64. The molecule has 0 spiro atoms. The molecule has 4 nitrogen and oxygen atoms in total. The molecule has 1 aromatic rings. The van der Waals surface area contributed by atoms with Gasteiger partial charge in [0.25, 0.3) is 0 Å². The molecule has 1 aliphatic heterocycles. The Bertz CT molecular complexity index is 325. The first-order chi connectivity index (χ1) is 7.73. The fraction of sp³-hybridized carbons (Fsp3) is 0.455. The van der Waals surface area contributed by atoms with E-state index in [1.165, 1.54) is 0 Å². The number of rotatable bonds is 3. The average molecular weight is 221 g/mol. The van der Waals surface area contributed by atoms with Crippen molar-refractivity contribution in [3.63, 3.8) is 0 Å². The fourth-order valence-corrected chi connectivity index (χ4v) is 1.99. The maximum Gasteiger partial charge on any atom is 0.487 e. The van der Waals surface area contributed by atoms with Crippen LogP contribution in [0.3, 0.4) is 0 Å². The van der Waals surface area contributed by atoms with Gasteiger partial charge in [-0.3, -0.25) is 0 Å². The zero-order valence-corrected chi connectivity index (χ0v) is 9.10. The summed E-state index contributed by atoms with van der Waals surface area (Å²) in [6.07, 6.45) is 0.499. The van der Waals surface area contributed by atoms with Crippen molar-refractivity contribution < 1.29 is 14.8 Å². The summed E-state index contributed by atoms with van der Waals surface area (Å²) in [6, 6.07) is 9.72. The van der Waals surface area contributed by atoms with Crippen molar-refractivity contribution in [1.29, 1.82) is 0 Å². The van der Waals surface area contributed by atoms with E-state index >= 15 is 0 Å². The molecule has 2 rings (SSSR count). The highest BCUT2D eigenvalue weighted by Gasteiger charge is 2.44. The first-order valence-corrected chi connectivity index (χ1v) is 5.48. The lowest BCUT2D eigenvalue weighted by Crippen LogP contribution is -2.60. The summed E-state index contributed by atoms with van der Waals surface area (Å²) in [4.78, 5) is 0. The molecule has 16 heavy (non-hydrogen) atoms. The number of ether oxygens (including phenoxy) is 1. The first-order valence-electron chi connectivity index (χ1n) is 5.48. The minimum absolute atomic E-state index is 0.458. The van der Waals surface area contributed by atoms with Gasteiger partial charge in [0.1, 0.15) is 5.50 Å². The molecule has 0 aliphatic carbocycles. The van der Waals surface area contributed by atoms with Gasteiger partial charge in [0.15, 0.2) is 0 Å². The first kappa shape index (κ1) is 11.6. The molecule has 1 unspecified atom stereocenters. The summed E-state index contributed by atoms with van der Waals surface area (Å²) in [7, 11) is -1.47. The van der Waals surface area contributed by atoms with Gasteiger partial charge in [0.05, 0.1) is 6.61 Å². The van der Waals surface area contributed by atoms with E-state index < -0.39 is 12.6 Å². The number of morpholine rings is 1. The molecule has 0 saturated carbocycles. The van der Waals surface area contributed by atoms with E-state index in [1.54, 1.807) is 0 Å². The molecule has 0 bridgehead atoms. The molecule has 0 radical (unpaired) electrons. The lowest BCUT2D eigenvalue weighted by Gasteiger charge is -2.37. The van der Waals surface area contributed by atoms with Crippen LogP contribution in [-0.2, 0) is 11.2 Å². The van der Waals surface area contributed by atoms with Crippen molar-refractivity contribution in [1.82, 2.24) is 5.32 Å². The molecule has 1 saturated heterocycles. The minimum Gasteiger partial charge on any atom is -0.425 e. The SMILES string of the molecule is OB(O)C1(Cc2ccccc2)CNCCO1. The normalized spacial score (nSPS) is 25.4. The Balaban J connectivity index is 2.14. The monoisotopic (exact) mass is 221 g/mol. The molecular formula is C11H16BNO3. The Kier molecular flexibility index (Phi) is 3.61. The maximum atomic E-state index is 9.48. The predicted octanol–water partition coefficient (Wildman–Crippen LogP) is -0.400. The summed E-state index contributed by atoms with van der Waals surface area (Å²) < 4.78 is 5.57. The molecule has 5 heteroatoms. The highest BCUT2D eigenvalue weighted by atomic mass is 16.5. The van der Waals surface area contributed by atoms with Gasteiger partial charge in [-0.25, -0.2) is 0 Å². The Morgan fingerprint density at radius 2 is 2.06 bits per heavy atom. The summed E-state index contributed by atoms with van der Waals surface area (Å²) in [6.45, 7) is 1.72. The smallest absolute Gasteiger partial charge is 0.425 e. The molecule has 1 heterocycles. The van der Waals surface area contributed by atoms with E-state index in [9.17, 15) is 10.0 Å². The zero-order chi connectivity index (χ0) is 11.4. The Morgan fingerprint density at radius 1 is 1.31 bits per heavy atom. The van der Waals surface area contributed by atoms with Crippen LogP contribution in [0.15, 0.2) is 30.3 Å². The van der Waals surface area contributed by atoms with E-state index in [0.717, 1.165) is 12.1 Å². The molecule has 0 aromatic heterocycles. The van der Waals surface area contributed by atoms with Crippen LogP contribution < -0.4 is 5.32 Å². The van der Waals surface area contributed by atoms with Gasteiger partial charge in [0.2, 0.25) is 0 Å². The largest absolute Gasteiger partial charge is 0.487 e. The van der Waals surface area contributed by atoms with Crippen molar-refractivity contribution in [2.24, 2.45) is 0 Å². The van der Waals surface area contributed by atoms with E-state index in [2.05, 4.69) is 5.32 Å². The molecule has 1 aromatic carbocycles. The molecule has 1 aliphatic rings. The topological polar surface area (TPSA) is 61.7 Å². The third-order valence-corrected chi connectivity index (χ3v) is 2.91. The van der Waals surface area contributed by atoms with Crippen LogP contribution in [0.5, 0.6) is 0 Å². The summed E-state index contributed by atoms with van der Waals surface area (Å²) in [5, 5.41) is 22.1. The molecular weight excluding hydrogens is 205 g/mol. The van der Waals surface area contributed by atoms with Crippen LogP contribution in [0.1, 0.15) is 5.56 Å². The van der Waals surface area contributed by atoms with Gasteiger partial charge in [-0.15, -0.1) is 0 Å². The van der Waals surface area contributed by atoms with Crippen LogP contribution in [-0.4, -0.2) is 42.4 Å². The number of nitrogens with one attached hydrogen (secondary N) is 1. The summed E-state index contributed by atoms with van der Waals surface area (Å²) in [5.74, 6) is 0. The van der Waals surface area contributed by atoms with Gasteiger partial charge in [-0.05, 0) is 5.56 Å². The second kappa shape index (κ2) is 4.97. The van der Waals surface area contributed by atoms with Gasteiger partial charge in [-0.2, -0.15) is 0 Å². The van der Waals surface area contributed by atoms with Crippen LogP contribution >= 0.6 is 0 Å². The minimum atomic E-state index is -1.47. The molecule has 3 N–H and O–H groups in total.